The molecule has 0 spiro atoms. The monoisotopic (exact) mass is 590 g/mol. The van der Waals surface area contributed by atoms with Crippen molar-refractivity contribution in [1.82, 2.24) is 29.8 Å². The fraction of sp³-hybridized carbons (Fsp3) is 0.152. The number of pyridine rings is 3. The summed E-state index contributed by atoms with van der Waals surface area (Å²) in [5, 5.41) is 3.78. The number of rotatable bonds is 7. The highest BCUT2D eigenvalue weighted by molar-refractivity contribution is 6.30. The summed E-state index contributed by atoms with van der Waals surface area (Å²) in [4.78, 5) is 26.3. The quantitative estimate of drug-likeness (QED) is 0.208. The van der Waals surface area contributed by atoms with Gasteiger partial charge in [-0.15, -0.1) is 0 Å². The number of hydrogen-bond acceptors (Lipinski definition) is 7. The lowest BCUT2D eigenvalue weighted by atomic mass is 10.1. The molecule has 2 aromatic carbocycles. The SMILES string of the molecule is Fc1ccc(Cl)cc1-c1[nH]cnc1-c1ccc2ncc(Nc3ccc(N4CCN(Cc5ccccc5)CC4)cn3)cc2n1. The van der Waals surface area contributed by atoms with Crippen molar-refractivity contribution in [2.45, 2.75) is 6.54 Å². The Kier molecular flexibility index (Phi) is 7.40. The number of benzene rings is 2. The van der Waals surface area contributed by atoms with Gasteiger partial charge in [-0.1, -0.05) is 41.9 Å². The normalized spacial score (nSPS) is 13.9. The summed E-state index contributed by atoms with van der Waals surface area (Å²) in [5.41, 5.74) is 6.58. The second-order valence-electron chi connectivity index (χ2n) is 10.5. The summed E-state index contributed by atoms with van der Waals surface area (Å²) in [6.45, 7) is 4.94. The molecule has 0 amide bonds. The number of aromatic nitrogens is 5. The van der Waals surface area contributed by atoms with Crippen molar-refractivity contribution < 1.29 is 4.39 Å². The summed E-state index contributed by atoms with van der Waals surface area (Å²) in [6, 6.07) is 24.7. The number of piperazine rings is 1. The summed E-state index contributed by atoms with van der Waals surface area (Å²) in [7, 11) is 0. The number of imidazole rings is 1. The standard InChI is InChI=1S/C33H28ClFN8/c34-23-6-8-27(35)26(16-23)32-33(39-21-38-32)29-10-9-28-30(41-29)17-24(18-36-28)40-31-11-7-25(19-37-31)43-14-12-42(13-15-43)20-22-4-2-1-3-5-22/h1-11,16-19,21H,12-15,20H2,(H,37,40)(H,38,39). The van der Waals surface area contributed by atoms with Gasteiger partial charge in [0.2, 0.25) is 0 Å². The molecule has 0 saturated carbocycles. The van der Waals surface area contributed by atoms with Crippen LogP contribution in [0.3, 0.4) is 0 Å². The van der Waals surface area contributed by atoms with Crippen molar-refractivity contribution in [1.29, 1.82) is 0 Å². The third-order valence-corrected chi connectivity index (χ3v) is 7.86. The first-order valence-electron chi connectivity index (χ1n) is 14.1. The Morgan fingerprint density at radius 2 is 1.70 bits per heavy atom. The molecule has 0 unspecified atom stereocenters. The van der Waals surface area contributed by atoms with Crippen molar-refractivity contribution in [3.63, 3.8) is 0 Å². The highest BCUT2D eigenvalue weighted by Crippen LogP contribution is 2.32. The Morgan fingerprint density at radius 1 is 0.837 bits per heavy atom. The van der Waals surface area contributed by atoms with Crippen molar-refractivity contribution >= 4 is 39.8 Å². The van der Waals surface area contributed by atoms with E-state index in [0.29, 0.717) is 33.2 Å². The number of halogens is 2. The zero-order valence-corrected chi connectivity index (χ0v) is 24.0. The van der Waals surface area contributed by atoms with Crippen molar-refractivity contribution in [2.24, 2.45) is 0 Å². The van der Waals surface area contributed by atoms with E-state index in [0.717, 1.165) is 55.4 Å². The van der Waals surface area contributed by atoms with Gasteiger partial charge in [0.05, 0.1) is 52.5 Å². The van der Waals surface area contributed by atoms with E-state index < -0.39 is 5.82 Å². The molecule has 0 aliphatic carbocycles. The molecule has 4 aromatic heterocycles. The molecule has 10 heteroatoms. The van der Waals surface area contributed by atoms with Crippen LogP contribution in [0.2, 0.25) is 5.02 Å². The lowest BCUT2D eigenvalue weighted by Gasteiger charge is -2.36. The lowest BCUT2D eigenvalue weighted by molar-refractivity contribution is 0.250. The van der Waals surface area contributed by atoms with Crippen molar-refractivity contribution in [3.05, 3.63) is 114 Å². The zero-order chi connectivity index (χ0) is 29.2. The van der Waals surface area contributed by atoms with Gasteiger partial charge in [-0.25, -0.2) is 19.3 Å². The summed E-state index contributed by atoms with van der Waals surface area (Å²) in [6.07, 6.45) is 5.19. The van der Waals surface area contributed by atoms with Crippen LogP contribution in [-0.2, 0) is 6.54 Å². The number of nitrogens with zero attached hydrogens (tertiary/aromatic N) is 6. The van der Waals surface area contributed by atoms with Crippen LogP contribution in [0.4, 0.5) is 21.6 Å². The molecule has 1 fully saturated rings. The van der Waals surface area contributed by atoms with Gasteiger partial charge in [0.1, 0.15) is 17.3 Å². The number of fused-ring (bicyclic) bond motifs is 1. The van der Waals surface area contributed by atoms with Gasteiger partial charge in [0.25, 0.3) is 0 Å². The molecule has 2 N–H and O–H groups in total. The Morgan fingerprint density at radius 3 is 2.51 bits per heavy atom. The first-order valence-corrected chi connectivity index (χ1v) is 14.5. The number of hydrogen-bond donors (Lipinski definition) is 2. The average molecular weight is 591 g/mol. The molecule has 0 atom stereocenters. The Bertz CT molecular complexity index is 1870. The van der Waals surface area contributed by atoms with Crippen LogP contribution in [0.25, 0.3) is 33.7 Å². The molecule has 43 heavy (non-hydrogen) atoms. The van der Waals surface area contributed by atoms with E-state index >= 15 is 0 Å². The predicted molar refractivity (Wildman–Crippen MR) is 169 cm³/mol. The van der Waals surface area contributed by atoms with Crippen LogP contribution in [0, 0.1) is 5.82 Å². The zero-order valence-electron chi connectivity index (χ0n) is 23.2. The van der Waals surface area contributed by atoms with E-state index in [2.05, 4.69) is 71.5 Å². The van der Waals surface area contributed by atoms with Gasteiger partial charge >= 0.3 is 0 Å². The molecular weight excluding hydrogens is 563 g/mol. The Labute approximate surface area is 253 Å². The van der Waals surface area contributed by atoms with E-state index in [1.807, 2.05) is 30.5 Å². The minimum Gasteiger partial charge on any atom is -0.368 e. The van der Waals surface area contributed by atoms with Crippen LogP contribution < -0.4 is 10.2 Å². The largest absolute Gasteiger partial charge is 0.368 e. The highest BCUT2D eigenvalue weighted by Gasteiger charge is 2.18. The fourth-order valence-corrected chi connectivity index (χ4v) is 5.56. The average Bonchev–Trinajstić information content (AvgIpc) is 3.53. The van der Waals surface area contributed by atoms with E-state index in [1.54, 1.807) is 12.3 Å². The van der Waals surface area contributed by atoms with E-state index in [-0.39, 0.29) is 0 Å². The van der Waals surface area contributed by atoms with Crippen LogP contribution in [0.1, 0.15) is 5.56 Å². The number of anilines is 3. The molecule has 7 rings (SSSR count). The van der Waals surface area contributed by atoms with E-state index in [1.165, 1.54) is 24.0 Å². The van der Waals surface area contributed by atoms with Crippen LogP contribution in [0.15, 0.2) is 97.6 Å². The van der Waals surface area contributed by atoms with Crippen LogP contribution >= 0.6 is 11.6 Å². The molecule has 1 aliphatic rings. The maximum Gasteiger partial charge on any atom is 0.132 e. The first-order chi connectivity index (χ1) is 21.1. The summed E-state index contributed by atoms with van der Waals surface area (Å²) < 4.78 is 14.6. The van der Waals surface area contributed by atoms with Gasteiger partial charge in [-0.2, -0.15) is 0 Å². The minimum atomic E-state index is -0.396. The maximum absolute atomic E-state index is 14.6. The third kappa shape index (κ3) is 5.90. The molecule has 6 aromatic rings. The van der Waals surface area contributed by atoms with Crippen molar-refractivity contribution in [3.8, 4) is 22.6 Å². The highest BCUT2D eigenvalue weighted by atomic mass is 35.5. The van der Waals surface area contributed by atoms with E-state index in [4.69, 9.17) is 16.6 Å². The predicted octanol–water partition coefficient (Wildman–Crippen LogP) is 6.94. The molecule has 214 valence electrons. The number of H-pyrrole nitrogens is 1. The third-order valence-electron chi connectivity index (χ3n) is 7.62. The molecule has 8 nitrogen and oxygen atoms in total. The van der Waals surface area contributed by atoms with Crippen LogP contribution in [0.5, 0.6) is 0 Å². The van der Waals surface area contributed by atoms with Gasteiger partial charge < -0.3 is 15.2 Å². The van der Waals surface area contributed by atoms with Gasteiger partial charge in [-0.05, 0) is 54.1 Å². The van der Waals surface area contributed by atoms with Crippen molar-refractivity contribution in [2.75, 3.05) is 36.4 Å². The Balaban J connectivity index is 1.04. The molecule has 0 radical (unpaired) electrons. The maximum atomic E-state index is 14.6. The second-order valence-corrected chi connectivity index (χ2v) is 10.9. The smallest absolute Gasteiger partial charge is 0.132 e. The molecule has 5 heterocycles. The van der Waals surface area contributed by atoms with Gasteiger partial charge in [-0.3, -0.25) is 9.88 Å². The fourth-order valence-electron chi connectivity index (χ4n) is 5.39. The van der Waals surface area contributed by atoms with E-state index in [9.17, 15) is 4.39 Å². The summed E-state index contributed by atoms with van der Waals surface area (Å²) in [5.74, 6) is 0.322. The first kappa shape index (κ1) is 27.0. The number of nitrogens with one attached hydrogen (secondary N) is 2. The minimum absolute atomic E-state index is 0.332. The van der Waals surface area contributed by atoms with Crippen LogP contribution in [-0.4, -0.2) is 56.0 Å². The molecule has 1 aliphatic heterocycles. The molecule has 1 saturated heterocycles. The number of aromatic amines is 1. The molecule has 0 bridgehead atoms. The second kappa shape index (κ2) is 11.8. The Hall–Kier alpha value is -4.86. The topological polar surface area (TPSA) is 85.9 Å². The lowest BCUT2D eigenvalue weighted by Crippen LogP contribution is -2.46. The molecular formula is C33H28ClFN8. The summed E-state index contributed by atoms with van der Waals surface area (Å²) >= 11 is 6.13. The van der Waals surface area contributed by atoms with Gasteiger partial charge in [0, 0.05) is 43.3 Å². The van der Waals surface area contributed by atoms with Gasteiger partial charge in [0.15, 0.2) is 0 Å².